The Bertz CT molecular complexity index is 697. The Morgan fingerprint density at radius 1 is 1.31 bits per heavy atom. The summed E-state index contributed by atoms with van der Waals surface area (Å²) in [5.74, 6) is -0.459. The van der Waals surface area contributed by atoms with E-state index >= 15 is 0 Å². The van der Waals surface area contributed by atoms with E-state index in [0.717, 1.165) is 11.3 Å². The van der Waals surface area contributed by atoms with Crippen molar-refractivity contribution < 1.29 is 19.1 Å². The number of esters is 1. The van der Waals surface area contributed by atoms with Crippen LogP contribution in [0.25, 0.3) is 0 Å². The van der Waals surface area contributed by atoms with Crippen molar-refractivity contribution in [3.05, 3.63) is 40.8 Å². The van der Waals surface area contributed by atoms with E-state index in [1.165, 1.54) is 10.5 Å². The van der Waals surface area contributed by atoms with Crippen molar-refractivity contribution in [3.8, 4) is 0 Å². The average molecular weight is 395 g/mol. The van der Waals surface area contributed by atoms with Gasteiger partial charge in [0.05, 0.1) is 6.10 Å². The van der Waals surface area contributed by atoms with Gasteiger partial charge in [0.2, 0.25) is 0 Å². The standard InChI is InChI=1S/C19H26NO4PS/c1-12(2)23-17(21)15(20-18(22)24-19(3,4)25)11-14-10-9-13-7-5-6-8-16(13)26-14/h5-8,10,12,15H,9,11,25H2,1-4H3,(H,20,22)/t15-/m1/s1. The van der Waals surface area contributed by atoms with Crippen molar-refractivity contribution >= 4 is 33.1 Å². The molecule has 0 bridgehead atoms. The number of alkyl carbamates (subject to hydrolysis) is 1. The van der Waals surface area contributed by atoms with Gasteiger partial charge in [-0.2, -0.15) is 0 Å². The molecular formula is C19H26NO4PS. The number of rotatable bonds is 6. The van der Waals surface area contributed by atoms with Gasteiger partial charge >= 0.3 is 12.1 Å². The minimum atomic E-state index is -0.790. The molecular weight excluding hydrogens is 369 g/mol. The number of nitrogens with one attached hydrogen (secondary N) is 1. The largest absolute Gasteiger partial charge is 0.461 e. The molecule has 5 nitrogen and oxygen atoms in total. The topological polar surface area (TPSA) is 64.6 Å². The smallest absolute Gasteiger partial charge is 0.408 e. The fourth-order valence-electron chi connectivity index (χ4n) is 2.42. The first-order valence-corrected chi connectivity index (χ1v) is 9.97. The zero-order valence-corrected chi connectivity index (χ0v) is 17.5. The molecule has 1 aliphatic heterocycles. The van der Waals surface area contributed by atoms with E-state index < -0.39 is 23.4 Å². The lowest BCUT2D eigenvalue weighted by molar-refractivity contribution is -0.149. The van der Waals surface area contributed by atoms with Crippen LogP contribution in [0.15, 0.2) is 40.1 Å². The number of fused-ring (bicyclic) bond motifs is 1. The summed E-state index contributed by atoms with van der Waals surface area (Å²) in [5.41, 5.74) is 1.26. The minimum absolute atomic E-state index is 0.255. The summed E-state index contributed by atoms with van der Waals surface area (Å²) in [7, 11) is 2.43. The molecule has 1 unspecified atom stereocenters. The number of amides is 1. The van der Waals surface area contributed by atoms with Gasteiger partial charge in [0.25, 0.3) is 0 Å². The Kier molecular flexibility index (Phi) is 7.13. The minimum Gasteiger partial charge on any atom is -0.461 e. The zero-order chi connectivity index (χ0) is 19.3. The molecule has 0 aliphatic carbocycles. The van der Waals surface area contributed by atoms with Crippen LogP contribution in [0.4, 0.5) is 4.79 Å². The Balaban J connectivity index is 2.08. The van der Waals surface area contributed by atoms with E-state index in [9.17, 15) is 9.59 Å². The summed E-state index contributed by atoms with van der Waals surface area (Å²) >= 11 is 1.62. The van der Waals surface area contributed by atoms with Gasteiger partial charge in [-0.3, -0.25) is 0 Å². The maximum absolute atomic E-state index is 12.4. The van der Waals surface area contributed by atoms with Crippen molar-refractivity contribution in [2.75, 3.05) is 0 Å². The molecule has 0 spiro atoms. The first kappa shape index (κ1) is 20.8. The Morgan fingerprint density at radius 3 is 2.65 bits per heavy atom. The summed E-state index contributed by atoms with van der Waals surface area (Å²) in [4.78, 5) is 26.8. The third-order valence-corrected chi connectivity index (χ3v) is 4.78. The molecule has 0 aromatic heterocycles. The van der Waals surface area contributed by atoms with Crippen LogP contribution in [0.2, 0.25) is 0 Å². The van der Waals surface area contributed by atoms with Gasteiger partial charge in [-0.1, -0.05) is 45.3 Å². The fraction of sp³-hybridized carbons (Fsp3) is 0.474. The Hall–Kier alpha value is -1.52. The molecule has 0 fully saturated rings. The van der Waals surface area contributed by atoms with Crippen LogP contribution in [0, 0.1) is 0 Å². The van der Waals surface area contributed by atoms with Crippen LogP contribution in [0.3, 0.4) is 0 Å². The van der Waals surface area contributed by atoms with E-state index in [-0.39, 0.29) is 6.10 Å². The van der Waals surface area contributed by atoms with Crippen LogP contribution in [0.1, 0.15) is 39.7 Å². The van der Waals surface area contributed by atoms with E-state index in [1.54, 1.807) is 39.5 Å². The second-order valence-electron chi connectivity index (χ2n) is 6.96. The van der Waals surface area contributed by atoms with Gasteiger partial charge in [-0.05, 0) is 50.7 Å². The summed E-state index contributed by atoms with van der Waals surface area (Å²) in [6.07, 6.45) is 2.38. The molecule has 142 valence electrons. The van der Waals surface area contributed by atoms with Gasteiger partial charge in [0, 0.05) is 11.3 Å². The SMILES string of the molecule is CC(C)OC(=O)[C@@H](CC1=CCc2ccccc2S1)NC(=O)OC(C)(C)P. The highest BCUT2D eigenvalue weighted by molar-refractivity contribution is 8.03. The highest BCUT2D eigenvalue weighted by Gasteiger charge is 2.28. The predicted molar refractivity (Wildman–Crippen MR) is 107 cm³/mol. The summed E-state index contributed by atoms with van der Waals surface area (Å²) < 4.78 is 10.6. The summed E-state index contributed by atoms with van der Waals surface area (Å²) in [5, 5.41) is 1.93. The third kappa shape index (κ3) is 6.65. The molecule has 1 N–H and O–H groups in total. The quantitative estimate of drug-likeness (QED) is 0.576. The molecule has 2 rings (SSSR count). The third-order valence-electron chi connectivity index (χ3n) is 3.45. The van der Waals surface area contributed by atoms with E-state index in [1.807, 2.05) is 12.1 Å². The van der Waals surface area contributed by atoms with Crippen LogP contribution < -0.4 is 5.32 Å². The average Bonchev–Trinajstić information content (AvgIpc) is 2.51. The predicted octanol–water partition coefficient (Wildman–Crippen LogP) is 4.27. The molecule has 1 heterocycles. The Labute approximate surface area is 161 Å². The van der Waals surface area contributed by atoms with Crippen molar-refractivity contribution in [1.29, 1.82) is 0 Å². The first-order valence-electron chi connectivity index (χ1n) is 8.57. The number of allylic oxidation sites excluding steroid dienone is 1. The monoisotopic (exact) mass is 395 g/mol. The molecule has 1 amide bonds. The highest BCUT2D eigenvalue weighted by Crippen LogP contribution is 2.37. The van der Waals surface area contributed by atoms with Gasteiger partial charge in [-0.15, -0.1) is 0 Å². The number of carbonyl (C=O) groups excluding carboxylic acids is 2. The fourth-order valence-corrected chi connectivity index (χ4v) is 3.66. The van der Waals surface area contributed by atoms with Crippen molar-refractivity contribution in [3.63, 3.8) is 0 Å². The van der Waals surface area contributed by atoms with E-state index in [2.05, 4.69) is 32.8 Å². The lowest BCUT2D eigenvalue weighted by Gasteiger charge is -2.25. The molecule has 26 heavy (non-hydrogen) atoms. The number of ether oxygens (including phenoxy) is 2. The van der Waals surface area contributed by atoms with Crippen LogP contribution in [-0.4, -0.2) is 29.6 Å². The van der Waals surface area contributed by atoms with E-state index in [4.69, 9.17) is 9.47 Å². The normalized spacial score (nSPS) is 14.9. The second-order valence-corrected chi connectivity index (χ2v) is 9.52. The molecule has 7 heteroatoms. The number of benzene rings is 1. The van der Waals surface area contributed by atoms with Crippen LogP contribution >= 0.6 is 21.0 Å². The molecule has 1 aliphatic rings. The highest BCUT2D eigenvalue weighted by atomic mass is 32.2. The molecule has 1 aromatic rings. The van der Waals surface area contributed by atoms with Crippen molar-refractivity contribution in [2.24, 2.45) is 0 Å². The van der Waals surface area contributed by atoms with Gasteiger partial charge in [0.15, 0.2) is 0 Å². The molecule has 0 saturated carbocycles. The number of hydrogen-bond acceptors (Lipinski definition) is 5. The summed E-state index contributed by atoms with van der Waals surface area (Å²) in [6.45, 7) is 7.05. The van der Waals surface area contributed by atoms with Crippen LogP contribution in [-0.2, 0) is 20.7 Å². The van der Waals surface area contributed by atoms with Gasteiger partial charge < -0.3 is 14.8 Å². The molecule has 2 atom stereocenters. The molecule has 1 aromatic carbocycles. The van der Waals surface area contributed by atoms with Gasteiger partial charge in [0.1, 0.15) is 11.4 Å². The zero-order valence-electron chi connectivity index (χ0n) is 15.6. The van der Waals surface area contributed by atoms with Crippen molar-refractivity contribution in [2.45, 2.75) is 62.9 Å². The second kappa shape index (κ2) is 8.92. The van der Waals surface area contributed by atoms with Crippen molar-refractivity contribution in [1.82, 2.24) is 5.32 Å². The first-order chi connectivity index (χ1) is 12.1. The maximum atomic E-state index is 12.4. The molecule has 0 saturated heterocycles. The lowest BCUT2D eigenvalue weighted by Crippen LogP contribution is -2.44. The van der Waals surface area contributed by atoms with Crippen LogP contribution in [0.5, 0.6) is 0 Å². The van der Waals surface area contributed by atoms with Gasteiger partial charge in [-0.25, -0.2) is 9.59 Å². The number of carbonyl (C=O) groups is 2. The lowest BCUT2D eigenvalue weighted by atomic mass is 10.1. The number of hydrogen-bond donors (Lipinski definition) is 1. The molecule has 0 radical (unpaired) electrons. The summed E-state index contributed by atoms with van der Waals surface area (Å²) in [6, 6.07) is 7.38. The Morgan fingerprint density at radius 2 is 2.00 bits per heavy atom. The number of thioether (sulfide) groups is 1. The maximum Gasteiger partial charge on any atom is 0.408 e. The van der Waals surface area contributed by atoms with E-state index in [0.29, 0.717) is 6.42 Å².